The summed E-state index contributed by atoms with van der Waals surface area (Å²) >= 11 is 0. The highest BCUT2D eigenvalue weighted by Crippen LogP contribution is 2.26. The Kier molecular flexibility index (Phi) is 1.81. The van der Waals surface area contributed by atoms with Crippen LogP contribution in [0.3, 0.4) is 0 Å². The number of aliphatic hydroxyl groups is 1. The van der Waals surface area contributed by atoms with Crippen LogP contribution in [-0.4, -0.2) is 11.0 Å². The van der Waals surface area contributed by atoms with Crippen LogP contribution in [-0.2, 0) is 17.8 Å². The van der Waals surface area contributed by atoms with Gasteiger partial charge in [-0.05, 0) is 29.7 Å². The van der Waals surface area contributed by atoms with E-state index in [1.807, 2.05) is 19.1 Å². The van der Waals surface area contributed by atoms with Gasteiger partial charge >= 0.3 is 0 Å². The first-order valence-corrected chi connectivity index (χ1v) is 4.24. The summed E-state index contributed by atoms with van der Waals surface area (Å²) in [5.41, 5.74) is 3.79. The molecule has 0 bridgehead atoms. The summed E-state index contributed by atoms with van der Waals surface area (Å²) in [5.74, 6) is 0.0319. The van der Waals surface area contributed by atoms with Crippen molar-refractivity contribution >= 4 is 11.6 Å². The van der Waals surface area contributed by atoms with Gasteiger partial charge in [-0.25, -0.2) is 0 Å². The van der Waals surface area contributed by atoms with E-state index in [0.717, 1.165) is 22.4 Å². The number of rotatable bonds is 1. The van der Waals surface area contributed by atoms with Crippen molar-refractivity contribution in [3.8, 4) is 0 Å². The number of carbonyl (C=O) groups is 1. The largest absolute Gasteiger partial charge is 0.392 e. The Balaban J connectivity index is 2.50. The van der Waals surface area contributed by atoms with Gasteiger partial charge in [0.15, 0.2) is 0 Å². The molecule has 13 heavy (non-hydrogen) atoms. The number of anilines is 1. The lowest BCUT2D eigenvalue weighted by molar-refractivity contribution is -0.115. The molecule has 2 N–H and O–H groups in total. The van der Waals surface area contributed by atoms with Crippen molar-refractivity contribution in [2.45, 2.75) is 20.0 Å². The summed E-state index contributed by atoms with van der Waals surface area (Å²) in [6.45, 7) is 1.96. The molecule has 0 fully saturated rings. The van der Waals surface area contributed by atoms with Crippen LogP contribution in [0, 0.1) is 6.92 Å². The van der Waals surface area contributed by atoms with Crippen molar-refractivity contribution in [2.24, 2.45) is 0 Å². The van der Waals surface area contributed by atoms with E-state index in [0.29, 0.717) is 6.42 Å². The Bertz CT molecular complexity index is 371. The average Bonchev–Trinajstić information content (AvgIpc) is 2.42. The summed E-state index contributed by atoms with van der Waals surface area (Å²) in [5, 5.41) is 11.8. The molecule has 0 radical (unpaired) electrons. The molecule has 3 heteroatoms. The van der Waals surface area contributed by atoms with Crippen LogP contribution in [0.2, 0.25) is 0 Å². The number of benzene rings is 1. The van der Waals surface area contributed by atoms with Gasteiger partial charge in [0, 0.05) is 5.69 Å². The van der Waals surface area contributed by atoms with Crippen molar-refractivity contribution in [1.29, 1.82) is 0 Å². The molecule has 0 spiro atoms. The Morgan fingerprint density at radius 2 is 2.31 bits per heavy atom. The first-order chi connectivity index (χ1) is 6.20. The molecule has 1 heterocycles. The van der Waals surface area contributed by atoms with Crippen molar-refractivity contribution in [3.63, 3.8) is 0 Å². The number of carbonyl (C=O) groups excluding carboxylic acids is 1. The normalized spacial score (nSPS) is 14.2. The van der Waals surface area contributed by atoms with Gasteiger partial charge < -0.3 is 10.4 Å². The number of hydrogen-bond acceptors (Lipinski definition) is 2. The SMILES string of the molecule is Cc1cc2c(cc1CO)NC(=O)C2. The van der Waals surface area contributed by atoms with Crippen molar-refractivity contribution in [3.05, 3.63) is 28.8 Å². The Hall–Kier alpha value is -1.35. The van der Waals surface area contributed by atoms with E-state index in [9.17, 15) is 4.79 Å². The Morgan fingerprint density at radius 3 is 3.00 bits per heavy atom. The average molecular weight is 177 g/mol. The molecule has 1 aromatic rings. The molecule has 0 aliphatic carbocycles. The minimum absolute atomic E-state index is 0.0228. The summed E-state index contributed by atoms with van der Waals surface area (Å²) in [7, 11) is 0. The third-order valence-electron chi connectivity index (χ3n) is 2.36. The van der Waals surface area contributed by atoms with Gasteiger partial charge in [0.2, 0.25) is 5.91 Å². The number of aryl methyl sites for hydroxylation is 1. The molecule has 1 aliphatic heterocycles. The number of nitrogens with one attached hydrogen (secondary N) is 1. The quantitative estimate of drug-likeness (QED) is 0.671. The molecular formula is C10H11NO2. The summed E-state index contributed by atoms with van der Waals surface area (Å²) < 4.78 is 0. The van der Waals surface area contributed by atoms with Gasteiger partial charge in [-0.1, -0.05) is 6.07 Å². The van der Waals surface area contributed by atoms with Crippen LogP contribution < -0.4 is 5.32 Å². The van der Waals surface area contributed by atoms with E-state index in [2.05, 4.69) is 5.32 Å². The van der Waals surface area contributed by atoms with E-state index in [-0.39, 0.29) is 12.5 Å². The summed E-state index contributed by atoms with van der Waals surface area (Å²) in [6, 6.07) is 3.80. The number of aliphatic hydroxyl groups excluding tert-OH is 1. The molecule has 2 rings (SSSR count). The highest BCUT2D eigenvalue weighted by atomic mass is 16.3. The van der Waals surface area contributed by atoms with Gasteiger partial charge in [0.05, 0.1) is 13.0 Å². The second-order valence-electron chi connectivity index (χ2n) is 3.32. The fourth-order valence-corrected chi connectivity index (χ4v) is 1.61. The monoisotopic (exact) mass is 177 g/mol. The second kappa shape index (κ2) is 2.85. The molecule has 1 aliphatic rings. The fourth-order valence-electron chi connectivity index (χ4n) is 1.61. The second-order valence-corrected chi connectivity index (χ2v) is 3.32. The van der Waals surface area contributed by atoms with E-state index < -0.39 is 0 Å². The number of hydrogen-bond donors (Lipinski definition) is 2. The number of amides is 1. The van der Waals surface area contributed by atoms with Crippen LogP contribution in [0.1, 0.15) is 16.7 Å². The van der Waals surface area contributed by atoms with E-state index in [1.165, 1.54) is 0 Å². The van der Waals surface area contributed by atoms with Crippen LogP contribution in [0.15, 0.2) is 12.1 Å². The highest BCUT2D eigenvalue weighted by molar-refractivity contribution is 5.99. The predicted octanol–water partition coefficient (Wildman–Crippen LogP) is 0.982. The molecule has 0 atom stereocenters. The molecule has 0 saturated heterocycles. The molecule has 68 valence electrons. The highest BCUT2D eigenvalue weighted by Gasteiger charge is 2.18. The summed E-state index contributed by atoms with van der Waals surface area (Å²) in [4.78, 5) is 11.0. The smallest absolute Gasteiger partial charge is 0.228 e. The number of fused-ring (bicyclic) bond motifs is 1. The van der Waals surface area contributed by atoms with E-state index in [4.69, 9.17) is 5.11 Å². The maximum Gasteiger partial charge on any atom is 0.228 e. The molecule has 1 aromatic carbocycles. The molecule has 0 unspecified atom stereocenters. The molecular weight excluding hydrogens is 166 g/mol. The fraction of sp³-hybridized carbons (Fsp3) is 0.300. The van der Waals surface area contributed by atoms with Crippen molar-refractivity contribution < 1.29 is 9.90 Å². The van der Waals surface area contributed by atoms with E-state index in [1.54, 1.807) is 0 Å². The minimum Gasteiger partial charge on any atom is -0.392 e. The topological polar surface area (TPSA) is 49.3 Å². The van der Waals surface area contributed by atoms with Crippen LogP contribution >= 0.6 is 0 Å². The lowest BCUT2D eigenvalue weighted by Gasteiger charge is -2.05. The lowest BCUT2D eigenvalue weighted by Crippen LogP contribution is -2.03. The van der Waals surface area contributed by atoms with E-state index >= 15 is 0 Å². The van der Waals surface area contributed by atoms with Gasteiger partial charge in [-0.15, -0.1) is 0 Å². The van der Waals surface area contributed by atoms with Gasteiger partial charge in [0.1, 0.15) is 0 Å². The van der Waals surface area contributed by atoms with Crippen LogP contribution in [0.4, 0.5) is 5.69 Å². The van der Waals surface area contributed by atoms with Crippen LogP contribution in [0.5, 0.6) is 0 Å². The maximum atomic E-state index is 11.0. The molecule has 0 aromatic heterocycles. The molecule has 1 amide bonds. The van der Waals surface area contributed by atoms with Gasteiger partial charge in [0.25, 0.3) is 0 Å². The summed E-state index contributed by atoms with van der Waals surface area (Å²) in [6.07, 6.45) is 0.460. The minimum atomic E-state index is 0.0228. The zero-order valence-electron chi connectivity index (χ0n) is 7.42. The van der Waals surface area contributed by atoms with Gasteiger partial charge in [-0.2, -0.15) is 0 Å². The maximum absolute atomic E-state index is 11.0. The Labute approximate surface area is 76.4 Å². The van der Waals surface area contributed by atoms with Crippen molar-refractivity contribution in [2.75, 3.05) is 5.32 Å². The third kappa shape index (κ3) is 1.31. The molecule has 0 saturated carbocycles. The van der Waals surface area contributed by atoms with Crippen LogP contribution in [0.25, 0.3) is 0 Å². The molecule has 3 nitrogen and oxygen atoms in total. The predicted molar refractivity (Wildman–Crippen MR) is 49.4 cm³/mol. The lowest BCUT2D eigenvalue weighted by atomic mass is 10.0. The first-order valence-electron chi connectivity index (χ1n) is 4.24. The zero-order valence-corrected chi connectivity index (χ0v) is 7.42. The third-order valence-corrected chi connectivity index (χ3v) is 2.36. The first kappa shape index (κ1) is 8.26. The zero-order chi connectivity index (χ0) is 9.42. The van der Waals surface area contributed by atoms with Crippen molar-refractivity contribution in [1.82, 2.24) is 0 Å². The van der Waals surface area contributed by atoms with Gasteiger partial charge in [-0.3, -0.25) is 4.79 Å². The Morgan fingerprint density at radius 1 is 1.54 bits per heavy atom. The standard InChI is InChI=1S/C10H11NO2/c1-6-2-7-4-10(13)11-9(7)3-8(6)5-12/h2-3,12H,4-5H2,1H3,(H,11,13).